The molecule has 0 spiro atoms. The number of benzene rings is 1. The lowest BCUT2D eigenvalue weighted by molar-refractivity contribution is -0.114. The van der Waals surface area contributed by atoms with Gasteiger partial charge in [0.2, 0.25) is 5.91 Å². The molecule has 0 unspecified atom stereocenters. The molecule has 0 saturated heterocycles. The maximum Gasteiger partial charge on any atom is 0.337 e. The lowest BCUT2D eigenvalue weighted by Crippen LogP contribution is -2.05. The van der Waals surface area contributed by atoms with Crippen LogP contribution in [0.5, 0.6) is 0 Å². The molecule has 1 aromatic heterocycles. The number of carbonyl (C=O) groups excluding carboxylic acids is 1. The molecule has 0 aliphatic carbocycles. The Kier molecular flexibility index (Phi) is 3.56. The molecule has 0 aliphatic heterocycles. The first kappa shape index (κ1) is 12.8. The maximum atomic E-state index is 10.9. The molecular formula is C14H12N2O3. The van der Waals surface area contributed by atoms with E-state index in [2.05, 4.69) is 10.3 Å². The lowest BCUT2D eigenvalue weighted by atomic mass is 10.1. The molecule has 2 rings (SSSR count). The number of anilines is 1. The number of hydrogen-bond acceptors (Lipinski definition) is 3. The molecule has 1 aromatic carbocycles. The third kappa shape index (κ3) is 3.16. The van der Waals surface area contributed by atoms with Crippen molar-refractivity contribution in [3.63, 3.8) is 0 Å². The van der Waals surface area contributed by atoms with E-state index in [1.165, 1.54) is 19.2 Å². The summed E-state index contributed by atoms with van der Waals surface area (Å²) in [5.41, 5.74) is 2.39. The second-order valence-corrected chi connectivity index (χ2v) is 4.00. The van der Waals surface area contributed by atoms with E-state index >= 15 is 0 Å². The van der Waals surface area contributed by atoms with Gasteiger partial charge in [-0.25, -0.2) is 4.79 Å². The molecule has 96 valence electrons. The van der Waals surface area contributed by atoms with Crippen LogP contribution in [-0.2, 0) is 4.79 Å². The first-order valence-corrected chi connectivity index (χ1v) is 5.63. The van der Waals surface area contributed by atoms with Crippen LogP contribution in [0.2, 0.25) is 0 Å². The molecule has 0 bridgehead atoms. The lowest BCUT2D eigenvalue weighted by Gasteiger charge is -2.04. The van der Waals surface area contributed by atoms with E-state index in [9.17, 15) is 9.59 Å². The zero-order valence-electron chi connectivity index (χ0n) is 10.3. The van der Waals surface area contributed by atoms with Gasteiger partial charge in [0.05, 0.1) is 11.3 Å². The van der Waals surface area contributed by atoms with E-state index < -0.39 is 5.97 Å². The smallest absolute Gasteiger partial charge is 0.337 e. The number of nitrogens with zero attached hydrogens (tertiary/aromatic N) is 1. The van der Waals surface area contributed by atoms with Gasteiger partial charge in [0.25, 0.3) is 0 Å². The molecule has 5 heteroatoms. The quantitative estimate of drug-likeness (QED) is 0.883. The fourth-order valence-corrected chi connectivity index (χ4v) is 1.62. The minimum Gasteiger partial charge on any atom is -0.478 e. The summed E-state index contributed by atoms with van der Waals surface area (Å²) in [5.74, 6) is -1.13. The fourth-order valence-electron chi connectivity index (χ4n) is 1.62. The van der Waals surface area contributed by atoms with E-state index in [0.717, 1.165) is 5.56 Å². The van der Waals surface area contributed by atoms with Crippen LogP contribution < -0.4 is 5.32 Å². The van der Waals surface area contributed by atoms with Crippen LogP contribution in [0.3, 0.4) is 0 Å². The van der Waals surface area contributed by atoms with Crippen LogP contribution in [0, 0.1) is 0 Å². The molecular weight excluding hydrogens is 244 g/mol. The van der Waals surface area contributed by atoms with Gasteiger partial charge in [0.1, 0.15) is 0 Å². The number of carbonyl (C=O) groups is 2. The van der Waals surface area contributed by atoms with Crippen LogP contribution in [0.4, 0.5) is 5.69 Å². The highest BCUT2D eigenvalue weighted by Gasteiger charge is 2.04. The number of pyridine rings is 1. The number of aromatic carboxylic acids is 1. The molecule has 2 N–H and O–H groups in total. The third-order valence-corrected chi connectivity index (χ3v) is 2.51. The van der Waals surface area contributed by atoms with Crippen molar-refractivity contribution in [2.45, 2.75) is 6.92 Å². The highest BCUT2D eigenvalue weighted by molar-refractivity contribution is 5.89. The van der Waals surface area contributed by atoms with Gasteiger partial charge >= 0.3 is 5.97 Å². The maximum absolute atomic E-state index is 10.9. The molecule has 0 atom stereocenters. The largest absolute Gasteiger partial charge is 0.478 e. The van der Waals surface area contributed by atoms with Crippen molar-refractivity contribution in [1.29, 1.82) is 0 Å². The van der Waals surface area contributed by atoms with E-state index in [0.29, 0.717) is 11.4 Å². The van der Waals surface area contributed by atoms with E-state index in [1.54, 1.807) is 18.2 Å². The first-order chi connectivity index (χ1) is 9.06. The van der Waals surface area contributed by atoms with Crippen LogP contribution in [0.25, 0.3) is 11.3 Å². The Balaban J connectivity index is 2.22. The average molecular weight is 256 g/mol. The van der Waals surface area contributed by atoms with Gasteiger partial charge in [-0.05, 0) is 24.3 Å². The molecule has 19 heavy (non-hydrogen) atoms. The van der Waals surface area contributed by atoms with Crippen molar-refractivity contribution in [3.8, 4) is 11.3 Å². The zero-order chi connectivity index (χ0) is 13.8. The van der Waals surface area contributed by atoms with Crippen LogP contribution in [0.15, 0.2) is 42.6 Å². The highest BCUT2D eigenvalue weighted by atomic mass is 16.4. The van der Waals surface area contributed by atoms with Crippen molar-refractivity contribution in [2.24, 2.45) is 0 Å². The Morgan fingerprint density at radius 2 is 1.79 bits per heavy atom. The molecule has 1 heterocycles. The number of carboxylic acid groups (broad SMARTS) is 1. The van der Waals surface area contributed by atoms with Crippen LogP contribution >= 0.6 is 0 Å². The van der Waals surface area contributed by atoms with Gasteiger partial charge in [0, 0.05) is 24.4 Å². The monoisotopic (exact) mass is 256 g/mol. The Bertz CT molecular complexity index is 604. The summed E-state index contributed by atoms with van der Waals surface area (Å²) in [6.07, 6.45) is 1.32. The predicted molar refractivity (Wildman–Crippen MR) is 70.9 cm³/mol. The first-order valence-electron chi connectivity index (χ1n) is 5.63. The second-order valence-electron chi connectivity index (χ2n) is 4.00. The van der Waals surface area contributed by atoms with Gasteiger partial charge in [-0.15, -0.1) is 0 Å². The highest BCUT2D eigenvalue weighted by Crippen LogP contribution is 2.19. The standard InChI is InChI=1S/C14H12N2O3/c1-9(17)16-12-5-2-10(3-6-12)13-7-4-11(8-15-13)14(18)19/h2-8H,1H3,(H,16,17)(H,18,19). The molecule has 0 radical (unpaired) electrons. The number of nitrogens with one attached hydrogen (secondary N) is 1. The van der Waals surface area contributed by atoms with Gasteiger partial charge < -0.3 is 10.4 Å². The normalized spacial score (nSPS) is 9.95. The van der Waals surface area contributed by atoms with Crippen molar-refractivity contribution < 1.29 is 14.7 Å². The molecule has 1 amide bonds. The van der Waals surface area contributed by atoms with Crippen molar-refractivity contribution in [1.82, 2.24) is 4.98 Å². The number of amides is 1. The van der Waals surface area contributed by atoms with Gasteiger partial charge in [0.15, 0.2) is 0 Å². The summed E-state index contributed by atoms with van der Waals surface area (Å²) < 4.78 is 0. The van der Waals surface area contributed by atoms with Gasteiger partial charge in [-0.2, -0.15) is 0 Å². The van der Waals surface area contributed by atoms with Gasteiger partial charge in [-0.3, -0.25) is 9.78 Å². The van der Waals surface area contributed by atoms with Gasteiger partial charge in [-0.1, -0.05) is 12.1 Å². The minimum absolute atomic E-state index is 0.128. The zero-order valence-corrected chi connectivity index (χ0v) is 10.3. The molecule has 5 nitrogen and oxygen atoms in total. The molecule has 2 aromatic rings. The summed E-state index contributed by atoms with van der Waals surface area (Å²) >= 11 is 0. The Morgan fingerprint density at radius 3 is 2.26 bits per heavy atom. The van der Waals surface area contributed by atoms with Crippen molar-refractivity contribution in [2.75, 3.05) is 5.32 Å². The molecule has 0 fully saturated rings. The molecule has 0 aliphatic rings. The van der Waals surface area contributed by atoms with E-state index in [4.69, 9.17) is 5.11 Å². The number of aromatic nitrogens is 1. The Morgan fingerprint density at radius 1 is 1.11 bits per heavy atom. The second kappa shape index (κ2) is 5.30. The Hall–Kier alpha value is -2.69. The fraction of sp³-hybridized carbons (Fsp3) is 0.0714. The summed E-state index contributed by atoms with van der Waals surface area (Å²) in [6, 6.07) is 10.3. The van der Waals surface area contributed by atoms with Crippen molar-refractivity contribution in [3.05, 3.63) is 48.2 Å². The third-order valence-electron chi connectivity index (χ3n) is 2.51. The SMILES string of the molecule is CC(=O)Nc1ccc(-c2ccc(C(=O)O)cn2)cc1. The van der Waals surface area contributed by atoms with Crippen LogP contribution in [-0.4, -0.2) is 22.0 Å². The number of hydrogen-bond donors (Lipinski definition) is 2. The average Bonchev–Trinajstić information content (AvgIpc) is 2.39. The summed E-state index contributed by atoms with van der Waals surface area (Å²) in [5, 5.41) is 11.5. The van der Waals surface area contributed by atoms with E-state index in [1.807, 2.05) is 12.1 Å². The Labute approximate surface area is 109 Å². The number of carboxylic acids is 1. The van der Waals surface area contributed by atoms with E-state index in [-0.39, 0.29) is 11.5 Å². The summed E-state index contributed by atoms with van der Waals surface area (Å²) in [6.45, 7) is 1.44. The molecule has 0 saturated carbocycles. The minimum atomic E-state index is -1.000. The van der Waals surface area contributed by atoms with Crippen molar-refractivity contribution >= 4 is 17.6 Å². The predicted octanol–water partition coefficient (Wildman–Crippen LogP) is 2.41. The number of rotatable bonds is 3. The topological polar surface area (TPSA) is 79.3 Å². The summed E-state index contributed by atoms with van der Waals surface area (Å²) in [4.78, 5) is 25.7. The van der Waals surface area contributed by atoms with Crippen LogP contribution in [0.1, 0.15) is 17.3 Å². The summed E-state index contributed by atoms with van der Waals surface area (Å²) in [7, 11) is 0.